The Bertz CT molecular complexity index is 234. The molecule has 0 radical (unpaired) electrons. The Hall–Kier alpha value is -0.520. The summed E-state index contributed by atoms with van der Waals surface area (Å²) in [5.41, 5.74) is 0. The summed E-state index contributed by atoms with van der Waals surface area (Å²) in [6.07, 6.45) is 4.87. The van der Waals surface area contributed by atoms with E-state index >= 15 is 0 Å². The number of hydrogen-bond donors (Lipinski definition) is 0. The molecular weight excluding hydrogens is 200 g/mol. The summed E-state index contributed by atoms with van der Waals surface area (Å²) in [5, 5.41) is 0. The second-order valence-electron chi connectivity index (χ2n) is 5.35. The van der Waals surface area contributed by atoms with E-state index in [1.165, 1.54) is 25.7 Å². The van der Waals surface area contributed by atoms with Crippen molar-refractivity contribution in [2.45, 2.75) is 45.8 Å². The summed E-state index contributed by atoms with van der Waals surface area (Å²) in [4.78, 5) is 0. The van der Waals surface area contributed by atoms with E-state index in [1.54, 1.807) is 0 Å². The van der Waals surface area contributed by atoms with Gasteiger partial charge in [-0.25, -0.2) is 0 Å². The van der Waals surface area contributed by atoms with E-state index in [-0.39, 0.29) is 6.29 Å². The minimum atomic E-state index is -0.268. The van der Waals surface area contributed by atoms with Crippen LogP contribution in [-0.2, 0) is 9.47 Å². The fourth-order valence-corrected chi connectivity index (χ4v) is 2.27. The van der Waals surface area contributed by atoms with Gasteiger partial charge in [-0.3, -0.25) is 0 Å². The average Bonchev–Trinajstić information content (AvgIpc) is 2.30. The summed E-state index contributed by atoms with van der Waals surface area (Å²) < 4.78 is 11.0. The third-order valence-corrected chi connectivity index (χ3v) is 3.49. The van der Waals surface area contributed by atoms with Crippen molar-refractivity contribution in [3.05, 3.63) is 0 Å². The van der Waals surface area contributed by atoms with Gasteiger partial charge in [-0.1, -0.05) is 19.8 Å². The van der Waals surface area contributed by atoms with Crippen LogP contribution >= 0.6 is 0 Å². The van der Waals surface area contributed by atoms with Crippen molar-refractivity contribution in [1.82, 2.24) is 0 Å². The average molecular weight is 222 g/mol. The van der Waals surface area contributed by atoms with Gasteiger partial charge in [0.15, 0.2) is 0 Å². The van der Waals surface area contributed by atoms with Gasteiger partial charge in [0.25, 0.3) is 0 Å². The molecule has 16 heavy (non-hydrogen) atoms. The topological polar surface area (TPSA) is 18.5 Å². The molecule has 2 fully saturated rings. The lowest BCUT2D eigenvalue weighted by atomic mass is 9.83. The molecule has 1 aliphatic carbocycles. The molecule has 0 aromatic heterocycles. The Morgan fingerprint density at radius 2 is 1.44 bits per heavy atom. The van der Waals surface area contributed by atoms with Crippen LogP contribution in [0, 0.1) is 29.6 Å². The fourth-order valence-electron chi connectivity index (χ4n) is 2.27. The highest BCUT2D eigenvalue weighted by molar-refractivity contribution is 5.07. The molecular formula is C14H22O2. The maximum atomic E-state index is 5.51. The summed E-state index contributed by atoms with van der Waals surface area (Å²) in [7, 11) is 0. The van der Waals surface area contributed by atoms with Gasteiger partial charge in [0.2, 0.25) is 6.29 Å². The molecule has 1 aliphatic heterocycles. The standard InChI is InChI=1S/C14H22O2/c1-11-3-5-13(6-4-11)7-8-14-15-9-12(2)10-16-14/h11-14H,3-6,9-10H2,1-2H3. The van der Waals surface area contributed by atoms with Crippen LogP contribution in [0.5, 0.6) is 0 Å². The third-order valence-electron chi connectivity index (χ3n) is 3.49. The lowest BCUT2D eigenvalue weighted by molar-refractivity contribution is -0.165. The van der Waals surface area contributed by atoms with Crippen molar-refractivity contribution in [1.29, 1.82) is 0 Å². The number of ether oxygens (including phenoxy) is 2. The molecule has 2 rings (SSSR count). The normalized spacial score (nSPS) is 39.9. The van der Waals surface area contributed by atoms with Gasteiger partial charge in [0.05, 0.1) is 13.2 Å². The molecule has 0 N–H and O–H groups in total. The SMILES string of the molecule is CC1CCC(C#CC2OCC(C)CO2)CC1. The highest BCUT2D eigenvalue weighted by atomic mass is 16.7. The van der Waals surface area contributed by atoms with Gasteiger partial charge in [-0.05, 0) is 37.5 Å². The molecule has 0 spiro atoms. The zero-order valence-corrected chi connectivity index (χ0v) is 10.4. The van der Waals surface area contributed by atoms with Gasteiger partial charge in [0.1, 0.15) is 0 Å². The van der Waals surface area contributed by atoms with Crippen LogP contribution in [0.2, 0.25) is 0 Å². The predicted octanol–water partition coefficient (Wildman–Crippen LogP) is 2.83. The first kappa shape index (κ1) is 12.0. The molecule has 2 heteroatoms. The Labute approximate surface area is 98.7 Å². The molecule has 1 saturated heterocycles. The molecule has 90 valence electrons. The molecule has 0 bridgehead atoms. The van der Waals surface area contributed by atoms with Gasteiger partial charge in [-0.2, -0.15) is 0 Å². The Kier molecular flexibility index (Phi) is 4.26. The second-order valence-corrected chi connectivity index (χ2v) is 5.35. The molecule has 2 nitrogen and oxygen atoms in total. The lowest BCUT2D eigenvalue weighted by Gasteiger charge is -2.25. The van der Waals surface area contributed by atoms with Crippen LogP contribution in [0.3, 0.4) is 0 Å². The first-order valence-corrected chi connectivity index (χ1v) is 6.48. The number of hydrogen-bond acceptors (Lipinski definition) is 2. The largest absolute Gasteiger partial charge is 0.342 e. The van der Waals surface area contributed by atoms with Gasteiger partial charge >= 0.3 is 0 Å². The van der Waals surface area contributed by atoms with E-state index in [2.05, 4.69) is 25.7 Å². The zero-order valence-electron chi connectivity index (χ0n) is 10.4. The third kappa shape index (κ3) is 3.50. The van der Waals surface area contributed by atoms with E-state index < -0.39 is 0 Å². The van der Waals surface area contributed by atoms with Crippen LogP contribution < -0.4 is 0 Å². The van der Waals surface area contributed by atoms with Gasteiger partial charge < -0.3 is 9.47 Å². The molecule has 1 saturated carbocycles. The van der Waals surface area contributed by atoms with E-state index in [1.807, 2.05) is 0 Å². The molecule has 0 unspecified atom stereocenters. The lowest BCUT2D eigenvalue weighted by Crippen LogP contribution is -2.29. The minimum Gasteiger partial charge on any atom is -0.342 e. The van der Waals surface area contributed by atoms with Crippen molar-refractivity contribution in [2.75, 3.05) is 13.2 Å². The molecule has 0 aromatic rings. The van der Waals surface area contributed by atoms with Crippen LogP contribution in [0.1, 0.15) is 39.5 Å². The fraction of sp³-hybridized carbons (Fsp3) is 0.857. The minimum absolute atomic E-state index is 0.268. The predicted molar refractivity (Wildman–Crippen MR) is 63.8 cm³/mol. The van der Waals surface area contributed by atoms with E-state index in [9.17, 15) is 0 Å². The molecule has 0 atom stereocenters. The van der Waals surface area contributed by atoms with E-state index in [0.29, 0.717) is 11.8 Å². The van der Waals surface area contributed by atoms with Crippen molar-refractivity contribution in [3.63, 3.8) is 0 Å². The molecule has 1 heterocycles. The summed E-state index contributed by atoms with van der Waals surface area (Å²) in [6.45, 7) is 6.02. The summed E-state index contributed by atoms with van der Waals surface area (Å²) >= 11 is 0. The van der Waals surface area contributed by atoms with Gasteiger partial charge in [0, 0.05) is 11.8 Å². The zero-order chi connectivity index (χ0) is 11.4. The first-order valence-electron chi connectivity index (χ1n) is 6.48. The van der Waals surface area contributed by atoms with E-state index in [4.69, 9.17) is 9.47 Å². The first-order chi connectivity index (χ1) is 7.74. The highest BCUT2D eigenvalue weighted by Gasteiger charge is 2.19. The quantitative estimate of drug-likeness (QED) is 0.587. The van der Waals surface area contributed by atoms with Gasteiger partial charge in [-0.15, -0.1) is 0 Å². The summed E-state index contributed by atoms with van der Waals surface area (Å²) in [6, 6.07) is 0. The maximum absolute atomic E-state index is 5.51. The van der Waals surface area contributed by atoms with Crippen LogP contribution in [0.25, 0.3) is 0 Å². The molecule has 0 aromatic carbocycles. The van der Waals surface area contributed by atoms with Crippen molar-refractivity contribution < 1.29 is 9.47 Å². The Balaban J connectivity index is 1.76. The molecule has 2 aliphatic rings. The van der Waals surface area contributed by atoms with Crippen LogP contribution in [0.15, 0.2) is 0 Å². The van der Waals surface area contributed by atoms with Crippen molar-refractivity contribution in [2.24, 2.45) is 17.8 Å². The monoisotopic (exact) mass is 222 g/mol. The van der Waals surface area contributed by atoms with Crippen LogP contribution in [-0.4, -0.2) is 19.5 Å². The smallest absolute Gasteiger partial charge is 0.222 e. The maximum Gasteiger partial charge on any atom is 0.222 e. The Morgan fingerprint density at radius 3 is 2.06 bits per heavy atom. The van der Waals surface area contributed by atoms with Crippen LogP contribution in [0.4, 0.5) is 0 Å². The summed E-state index contributed by atoms with van der Waals surface area (Å²) in [5.74, 6) is 8.43. The molecule has 0 amide bonds. The van der Waals surface area contributed by atoms with Crippen molar-refractivity contribution >= 4 is 0 Å². The Morgan fingerprint density at radius 1 is 0.812 bits per heavy atom. The number of rotatable bonds is 0. The second kappa shape index (κ2) is 5.70. The van der Waals surface area contributed by atoms with Crippen molar-refractivity contribution in [3.8, 4) is 11.8 Å². The van der Waals surface area contributed by atoms with E-state index in [0.717, 1.165) is 19.1 Å². The highest BCUT2D eigenvalue weighted by Crippen LogP contribution is 2.27.